The van der Waals surface area contributed by atoms with E-state index < -0.39 is 10.8 Å². The van der Waals surface area contributed by atoms with E-state index in [0.29, 0.717) is 28.1 Å². The maximum Gasteiger partial charge on any atom is 0.269 e. The summed E-state index contributed by atoms with van der Waals surface area (Å²) >= 11 is 1.27. The molecule has 2 aromatic heterocycles. The van der Waals surface area contributed by atoms with Crippen molar-refractivity contribution in [1.29, 1.82) is 5.26 Å². The predicted octanol–water partition coefficient (Wildman–Crippen LogP) is 4.49. The van der Waals surface area contributed by atoms with Crippen molar-refractivity contribution in [3.05, 3.63) is 57.8 Å². The van der Waals surface area contributed by atoms with Crippen LogP contribution in [0.25, 0.3) is 17.4 Å². The highest BCUT2D eigenvalue weighted by molar-refractivity contribution is 7.19. The second-order valence-electron chi connectivity index (χ2n) is 7.69. The summed E-state index contributed by atoms with van der Waals surface area (Å²) in [6, 6.07) is 11.0. The van der Waals surface area contributed by atoms with Gasteiger partial charge in [0.1, 0.15) is 23.2 Å². The lowest BCUT2D eigenvalue weighted by Gasteiger charge is -2.29. The van der Waals surface area contributed by atoms with E-state index in [1.54, 1.807) is 24.3 Å². The summed E-state index contributed by atoms with van der Waals surface area (Å²) in [5, 5.41) is 32.1. The molecular weight excluding hydrogens is 444 g/mol. The molecule has 0 atom stereocenters. The maximum absolute atomic E-state index is 12.6. The first-order valence-corrected chi connectivity index (χ1v) is 11.1. The zero-order chi connectivity index (χ0) is 23.4. The molecule has 1 aromatic carbocycles. The Morgan fingerprint density at radius 2 is 2.00 bits per heavy atom. The fourth-order valence-corrected chi connectivity index (χ4v) is 4.17. The van der Waals surface area contributed by atoms with Crippen LogP contribution in [0.4, 0.5) is 16.0 Å². The summed E-state index contributed by atoms with van der Waals surface area (Å²) in [6.45, 7) is 4.04. The van der Waals surface area contributed by atoms with Crippen molar-refractivity contribution in [2.75, 3.05) is 23.3 Å². The molecule has 3 aromatic rings. The number of hydrogen-bond acceptors (Lipinski definition) is 9. The third-order valence-corrected chi connectivity index (χ3v) is 6.23. The van der Waals surface area contributed by atoms with Gasteiger partial charge in [0.25, 0.3) is 11.6 Å². The monoisotopic (exact) mass is 464 g/mol. The number of piperidine rings is 1. The molecule has 0 radical (unpaired) electrons. The van der Waals surface area contributed by atoms with Crippen molar-refractivity contribution in [3.63, 3.8) is 0 Å². The van der Waals surface area contributed by atoms with Crippen molar-refractivity contribution in [1.82, 2.24) is 10.2 Å². The minimum absolute atomic E-state index is 0.0245. The Morgan fingerprint density at radius 3 is 2.67 bits per heavy atom. The number of carbonyl (C=O) groups is 1. The highest BCUT2D eigenvalue weighted by Crippen LogP contribution is 2.29. The van der Waals surface area contributed by atoms with E-state index in [2.05, 4.69) is 27.3 Å². The number of benzene rings is 1. The Balaban J connectivity index is 1.43. The molecule has 0 aliphatic carbocycles. The number of nitrogens with zero attached hydrogens (tertiary/aromatic N) is 5. The van der Waals surface area contributed by atoms with Crippen molar-refractivity contribution in [2.24, 2.45) is 5.92 Å². The number of nitrogens with one attached hydrogen (secondary N) is 1. The molecule has 11 heteroatoms. The molecule has 1 amide bonds. The third kappa shape index (κ3) is 5.24. The average Bonchev–Trinajstić information content (AvgIpc) is 3.48. The molecule has 1 aliphatic heterocycles. The Labute approximate surface area is 193 Å². The van der Waals surface area contributed by atoms with Gasteiger partial charge in [-0.15, -0.1) is 10.2 Å². The fraction of sp³-hybridized carbons (Fsp3) is 0.273. The van der Waals surface area contributed by atoms with E-state index in [9.17, 15) is 20.2 Å². The fourth-order valence-electron chi connectivity index (χ4n) is 3.38. The topological polar surface area (TPSA) is 138 Å². The van der Waals surface area contributed by atoms with Crippen LogP contribution in [-0.2, 0) is 4.79 Å². The van der Waals surface area contributed by atoms with Gasteiger partial charge in [-0.3, -0.25) is 20.2 Å². The predicted molar refractivity (Wildman–Crippen MR) is 124 cm³/mol. The molecule has 1 fully saturated rings. The molecule has 168 valence electrons. The van der Waals surface area contributed by atoms with Gasteiger partial charge in [0, 0.05) is 36.9 Å². The molecule has 0 spiro atoms. The number of carbonyl (C=O) groups excluding carboxylic acids is 1. The summed E-state index contributed by atoms with van der Waals surface area (Å²) in [6.07, 6.45) is 3.51. The highest BCUT2D eigenvalue weighted by Gasteiger charge is 2.20. The number of nitro groups is 1. The first kappa shape index (κ1) is 22.2. The first-order chi connectivity index (χ1) is 15.9. The summed E-state index contributed by atoms with van der Waals surface area (Å²) in [7, 11) is 0. The SMILES string of the molecule is CC1CCN(c2nnc(NC(=O)/C(C#N)=C\c3ccc(-c4ccc([N+](=O)[O-])cc4)o3)s2)CC1. The van der Waals surface area contributed by atoms with Gasteiger partial charge in [0.05, 0.1) is 4.92 Å². The zero-order valence-corrected chi connectivity index (χ0v) is 18.5. The number of amides is 1. The number of furan rings is 1. The van der Waals surface area contributed by atoms with Crippen molar-refractivity contribution >= 4 is 39.3 Å². The molecule has 1 saturated heterocycles. The molecule has 1 N–H and O–H groups in total. The Hall–Kier alpha value is -4.04. The third-order valence-electron chi connectivity index (χ3n) is 5.33. The van der Waals surface area contributed by atoms with Gasteiger partial charge >= 0.3 is 0 Å². The van der Waals surface area contributed by atoms with Gasteiger partial charge in [-0.25, -0.2) is 0 Å². The normalized spacial score (nSPS) is 14.7. The van der Waals surface area contributed by atoms with Crippen LogP contribution in [0.5, 0.6) is 0 Å². The molecule has 10 nitrogen and oxygen atoms in total. The maximum atomic E-state index is 12.6. The van der Waals surface area contributed by atoms with E-state index in [1.165, 1.54) is 29.5 Å². The van der Waals surface area contributed by atoms with Gasteiger partial charge in [0.2, 0.25) is 10.3 Å². The second kappa shape index (κ2) is 9.62. The minimum Gasteiger partial charge on any atom is -0.457 e. The smallest absolute Gasteiger partial charge is 0.269 e. The van der Waals surface area contributed by atoms with Crippen molar-refractivity contribution in [2.45, 2.75) is 19.8 Å². The van der Waals surface area contributed by atoms with Crippen LogP contribution in [0.2, 0.25) is 0 Å². The number of aromatic nitrogens is 2. The first-order valence-electron chi connectivity index (χ1n) is 10.3. The minimum atomic E-state index is -0.610. The quantitative estimate of drug-likeness (QED) is 0.244. The van der Waals surface area contributed by atoms with Gasteiger partial charge in [-0.05, 0) is 43.0 Å². The number of non-ortho nitro benzene ring substituents is 1. The van der Waals surface area contributed by atoms with Crippen LogP contribution in [-0.4, -0.2) is 34.1 Å². The summed E-state index contributed by atoms with van der Waals surface area (Å²) < 4.78 is 5.69. The van der Waals surface area contributed by atoms with E-state index in [-0.39, 0.29) is 11.3 Å². The summed E-state index contributed by atoms with van der Waals surface area (Å²) in [5.41, 5.74) is 0.461. The number of anilines is 2. The van der Waals surface area contributed by atoms with Gasteiger partial charge in [-0.2, -0.15) is 5.26 Å². The van der Waals surface area contributed by atoms with E-state index in [0.717, 1.165) is 31.1 Å². The Morgan fingerprint density at radius 1 is 1.27 bits per heavy atom. The average molecular weight is 465 g/mol. The van der Waals surface area contributed by atoms with Crippen LogP contribution >= 0.6 is 11.3 Å². The Kier molecular flexibility index (Phi) is 6.46. The number of nitriles is 1. The van der Waals surface area contributed by atoms with E-state index >= 15 is 0 Å². The standard InChI is InChI=1S/C22H20N6O4S/c1-14-8-10-27(11-9-14)22-26-25-21(33-22)24-20(29)16(13-23)12-18-6-7-19(32-18)15-2-4-17(5-3-15)28(30)31/h2-7,12,14H,8-11H2,1H3,(H,24,25,29)/b16-12-. The number of rotatable bonds is 6. The van der Waals surface area contributed by atoms with Crippen LogP contribution in [0.1, 0.15) is 25.5 Å². The molecular formula is C22H20N6O4S. The number of hydrogen-bond donors (Lipinski definition) is 1. The lowest BCUT2D eigenvalue weighted by molar-refractivity contribution is -0.384. The molecule has 0 bridgehead atoms. The van der Waals surface area contributed by atoms with Crippen LogP contribution < -0.4 is 10.2 Å². The van der Waals surface area contributed by atoms with Gasteiger partial charge in [0.15, 0.2) is 0 Å². The van der Waals surface area contributed by atoms with E-state index in [1.807, 2.05) is 6.07 Å². The molecule has 33 heavy (non-hydrogen) atoms. The van der Waals surface area contributed by atoms with Crippen LogP contribution in [0, 0.1) is 27.4 Å². The van der Waals surface area contributed by atoms with Crippen LogP contribution in [0.3, 0.4) is 0 Å². The lowest BCUT2D eigenvalue weighted by atomic mass is 10.00. The van der Waals surface area contributed by atoms with Gasteiger partial charge in [-0.1, -0.05) is 18.3 Å². The summed E-state index contributed by atoms with van der Waals surface area (Å²) in [4.78, 5) is 25.0. The highest BCUT2D eigenvalue weighted by atomic mass is 32.1. The second-order valence-corrected chi connectivity index (χ2v) is 8.65. The molecule has 4 rings (SSSR count). The molecule has 0 unspecified atom stereocenters. The molecule has 1 aliphatic rings. The van der Waals surface area contributed by atoms with E-state index in [4.69, 9.17) is 4.42 Å². The lowest BCUT2D eigenvalue weighted by Crippen LogP contribution is -2.32. The Bertz CT molecular complexity index is 1230. The zero-order valence-electron chi connectivity index (χ0n) is 17.7. The van der Waals surface area contributed by atoms with Crippen molar-refractivity contribution < 1.29 is 14.1 Å². The van der Waals surface area contributed by atoms with Crippen molar-refractivity contribution in [3.8, 4) is 17.4 Å². The molecule has 0 saturated carbocycles. The van der Waals surface area contributed by atoms with Crippen LogP contribution in [0.15, 0.2) is 46.4 Å². The molecule has 3 heterocycles. The van der Waals surface area contributed by atoms with Gasteiger partial charge < -0.3 is 9.32 Å². The largest absolute Gasteiger partial charge is 0.457 e. The summed E-state index contributed by atoms with van der Waals surface area (Å²) in [5.74, 6) is 0.842. The number of nitro benzene ring substituents is 1.